The molecule has 27 heavy (non-hydrogen) atoms. The molecule has 7 heteroatoms. The molecule has 0 atom stereocenters. The molecule has 4 nitrogen and oxygen atoms in total. The lowest BCUT2D eigenvalue weighted by atomic mass is 9.89. The summed E-state index contributed by atoms with van der Waals surface area (Å²) in [4.78, 5) is 26.4. The van der Waals surface area contributed by atoms with Gasteiger partial charge < -0.3 is 9.88 Å². The molecule has 2 aromatic carbocycles. The monoisotopic (exact) mass is 372 g/mol. The zero-order valence-corrected chi connectivity index (χ0v) is 14.1. The van der Waals surface area contributed by atoms with Gasteiger partial charge in [0.15, 0.2) is 0 Å². The van der Waals surface area contributed by atoms with Crippen LogP contribution in [0.25, 0.3) is 22.2 Å². The molecule has 0 spiro atoms. The summed E-state index contributed by atoms with van der Waals surface area (Å²) < 4.78 is 41.3. The predicted molar refractivity (Wildman–Crippen MR) is 93.4 cm³/mol. The SMILES string of the molecule is O=CC(=O)N1CC(Cc2c(-c3ccc(F)cc3)[nH]c3c(F)cc(F)cc23)C1. The molecule has 0 bridgehead atoms. The van der Waals surface area contributed by atoms with Crippen LogP contribution in [0.3, 0.4) is 0 Å². The number of fused-ring (bicyclic) bond motifs is 1. The van der Waals surface area contributed by atoms with Crippen LogP contribution < -0.4 is 0 Å². The fraction of sp³-hybridized carbons (Fsp3) is 0.200. The Morgan fingerprint density at radius 2 is 1.81 bits per heavy atom. The number of halogens is 3. The van der Waals surface area contributed by atoms with Crippen LogP contribution in [-0.2, 0) is 16.0 Å². The fourth-order valence-electron chi connectivity index (χ4n) is 3.59. The minimum Gasteiger partial charge on any atom is -0.352 e. The van der Waals surface area contributed by atoms with Gasteiger partial charge in [-0.3, -0.25) is 9.59 Å². The van der Waals surface area contributed by atoms with Crippen LogP contribution in [0.4, 0.5) is 13.2 Å². The average Bonchev–Trinajstić information content (AvgIpc) is 2.96. The lowest BCUT2D eigenvalue weighted by Crippen LogP contribution is -2.51. The molecule has 0 radical (unpaired) electrons. The lowest BCUT2D eigenvalue weighted by molar-refractivity contribution is -0.143. The molecule has 1 amide bonds. The summed E-state index contributed by atoms with van der Waals surface area (Å²) in [7, 11) is 0. The molecule has 3 aromatic rings. The van der Waals surface area contributed by atoms with Gasteiger partial charge in [0.2, 0.25) is 6.29 Å². The van der Waals surface area contributed by atoms with E-state index in [0.717, 1.165) is 6.07 Å². The third-order valence-electron chi connectivity index (χ3n) is 4.93. The van der Waals surface area contributed by atoms with Crippen molar-refractivity contribution in [2.24, 2.45) is 5.92 Å². The molecule has 1 aliphatic heterocycles. The number of aromatic amines is 1. The van der Waals surface area contributed by atoms with E-state index in [1.165, 1.54) is 23.1 Å². The number of amides is 1. The average molecular weight is 372 g/mol. The number of aromatic nitrogens is 1. The molecule has 138 valence electrons. The third kappa shape index (κ3) is 3.09. The first-order valence-corrected chi connectivity index (χ1v) is 8.46. The summed E-state index contributed by atoms with van der Waals surface area (Å²) in [6, 6.07) is 7.82. The van der Waals surface area contributed by atoms with Gasteiger partial charge in [0.25, 0.3) is 5.91 Å². The molecular formula is C20H15F3N2O2. The van der Waals surface area contributed by atoms with Gasteiger partial charge in [-0.2, -0.15) is 0 Å². The van der Waals surface area contributed by atoms with Crippen molar-refractivity contribution in [3.63, 3.8) is 0 Å². The highest BCUT2D eigenvalue weighted by atomic mass is 19.1. The smallest absolute Gasteiger partial charge is 0.286 e. The van der Waals surface area contributed by atoms with Crippen LogP contribution >= 0.6 is 0 Å². The first kappa shape index (κ1) is 17.3. The molecule has 0 saturated carbocycles. The number of nitrogens with zero attached hydrogens (tertiary/aromatic N) is 1. The van der Waals surface area contributed by atoms with Gasteiger partial charge in [-0.05, 0) is 53.8 Å². The van der Waals surface area contributed by atoms with E-state index in [2.05, 4.69) is 4.98 Å². The maximum Gasteiger partial charge on any atom is 0.286 e. The van der Waals surface area contributed by atoms with E-state index in [9.17, 15) is 22.8 Å². The van der Waals surface area contributed by atoms with E-state index in [0.29, 0.717) is 41.7 Å². The Labute approximate surface area is 152 Å². The van der Waals surface area contributed by atoms with Crippen molar-refractivity contribution in [2.75, 3.05) is 13.1 Å². The molecule has 1 aliphatic rings. The van der Waals surface area contributed by atoms with Gasteiger partial charge in [-0.1, -0.05) is 0 Å². The lowest BCUT2D eigenvalue weighted by Gasteiger charge is -2.38. The highest BCUT2D eigenvalue weighted by Gasteiger charge is 2.32. The van der Waals surface area contributed by atoms with Gasteiger partial charge in [0, 0.05) is 30.2 Å². The molecule has 0 aliphatic carbocycles. The molecule has 1 fully saturated rings. The van der Waals surface area contributed by atoms with Crippen molar-refractivity contribution < 1.29 is 22.8 Å². The van der Waals surface area contributed by atoms with E-state index in [1.807, 2.05) is 0 Å². The van der Waals surface area contributed by atoms with Crippen LogP contribution in [0.2, 0.25) is 0 Å². The van der Waals surface area contributed by atoms with Crippen molar-refractivity contribution in [1.29, 1.82) is 0 Å². The number of H-pyrrole nitrogens is 1. The number of hydrogen-bond donors (Lipinski definition) is 1. The van der Waals surface area contributed by atoms with Crippen LogP contribution in [0.1, 0.15) is 5.56 Å². The molecule has 4 rings (SSSR count). The van der Waals surface area contributed by atoms with Crippen LogP contribution in [-0.4, -0.2) is 35.2 Å². The number of carbonyl (C=O) groups excluding carboxylic acids is 2. The number of benzene rings is 2. The van der Waals surface area contributed by atoms with E-state index >= 15 is 0 Å². The van der Waals surface area contributed by atoms with Gasteiger partial charge in [-0.25, -0.2) is 13.2 Å². The van der Waals surface area contributed by atoms with Crippen molar-refractivity contribution in [3.05, 3.63) is 59.4 Å². The van der Waals surface area contributed by atoms with E-state index in [4.69, 9.17) is 0 Å². The summed E-state index contributed by atoms with van der Waals surface area (Å²) >= 11 is 0. The molecule has 2 heterocycles. The third-order valence-corrected chi connectivity index (χ3v) is 4.93. The first-order valence-electron chi connectivity index (χ1n) is 8.46. The normalized spacial score (nSPS) is 14.4. The van der Waals surface area contributed by atoms with E-state index in [-0.39, 0.29) is 17.7 Å². The standard InChI is InChI=1S/C20H15F3N2O2/c21-13-3-1-12(2-4-13)19-15(5-11-8-25(9-11)18(27)10-26)16-6-14(22)7-17(23)20(16)24-19/h1-4,6-7,10-11,24H,5,8-9H2. The maximum atomic E-state index is 14.2. The summed E-state index contributed by atoms with van der Waals surface area (Å²) in [6.07, 6.45) is 0.745. The van der Waals surface area contributed by atoms with Crippen molar-refractivity contribution in [3.8, 4) is 11.3 Å². The van der Waals surface area contributed by atoms with E-state index in [1.54, 1.807) is 12.1 Å². The fourth-order valence-corrected chi connectivity index (χ4v) is 3.59. The van der Waals surface area contributed by atoms with Gasteiger partial charge in [-0.15, -0.1) is 0 Å². The second-order valence-corrected chi connectivity index (χ2v) is 6.73. The maximum absolute atomic E-state index is 14.2. The van der Waals surface area contributed by atoms with Gasteiger partial charge in [0.05, 0.1) is 5.52 Å². The second-order valence-electron chi connectivity index (χ2n) is 6.73. The largest absolute Gasteiger partial charge is 0.352 e. The number of nitrogens with one attached hydrogen (secondary N) is 1. The van der Waals surface area contributed by atoms with Crippen molar-refractivity contribution in [2.45, 2.75) is 6.42 Å². The zero-order chi connectivity index (χ0) is 19.1. The molecule has 1 aromatic heterocycles. The van der Waals surface area contributed by atoms with Gasteiger partial charge >= 0.3 is 0 Å². The number of rotatable bonds is 4. The summed E-state index contributed by atoms with van der Waals surface area (Å²) in [6.45, 7) is 0.815. The number of carbonyl (C=O) groups is 2. The predicted octanol–water partition coefficient (Wildman–Crippen LogP) is 3.45. The minimum atomic E-state index is -0.703. The summed E-state index contributed by atoms with van der Waals surface area (Å²) in [5.74, 6) is -2.28. The summed E-state index contributed by atoms with van der Waals surface area (Å²) in [5, 5.41) is 0.423. The minimum absolute atomic E-state index is 0.0680. The number of aldehydes is 1. The Morgan fingerprint density at radius 3 is 2.48 bits per heavy atom. The quantitative estimate of drug-likeness (QED) is 0.563. The topological polar surface area (TPSA) is 53.2 Å². The van der Waals surface area contributed by atoms with Crippen LogP contribution in [0.15, 0.2) is 36.4 Å². The van der Waals surface area contributed by atoms with Crippen LogP contribution in [0.5, 0.6) is 0 Å². The number of hydrogen-bond acceptors (Lipinski definition) is 2. The first-order chi connectivity index (χ1) is 13.0. The molecule has 1 N–H and O–H groups in total. The molecule has 1 saturated heterocycles. The number of likely N-dealkylation sites (tertiary alicyclic amines) is 1. The van der Waals surface area contributed by atoms with Crippen molar-refractivity contribution >= 4 is 23.1 Å². The highest BCUT2D eigenvalue weighted by Crippen LogP contribution is 2.35. The molecule has 0 unspecified atom stereocenters. The Kier molecular flexibility index (Phi) is 4.22. The second kappa shape index (κ2) is 6.57. The highest BCUT2D eigenvalue weighted by molar-refractivity contribution is 6.23. The Morgan fingerprint density at radius 1 is 1.11 bits per heavy atom. The van der Waals surface area contributed by atoms with E-state index < -0.39 is 23.4 Å². The Hall–Kier alpha value is -3.09. The van der Waals surface area contributed by atoms with Crippen molar-refractivity contribution in [1.82, 2.24) is 9.88 Å². The zero-order valence-electron chi connectivity index (χ0n) is 14.1. The summed E-state index contributed by atoms with van der Waals surface area (Å²) in [5.41, 5.74) is 2.14. The van der Waals surface area contributed by atoms with Crippen LogP contribution in [0, 0.1) is 23.4 Å². The Bertz CT molecular complexity index is 1040. The molecular weight excluding hydrogens is 357 g/mol. The Balaban J connectivity index is 1.75. The van der Waals surface area contributed by atoms with Gasteiger partial charge in [0.1, 0.15) is 17.5 Å².